The van der Waals surface area contributed by atoms with Crippen molar-refractivity contribution in [2.24, 2.45) is 5.73 Å². The molecule has 0 fully saturated rings. The topological polar surface area (TPSA) is 89.2 Å². The number of fused-ring (bicyclic) bond motifs is 1. The molecule has 22 heavy (non-hydrogen) atoms. The van der Waals surface area contributed by atoms with Crippen molar-refractivity contribution < 1.29 is 9.15 Å². The molecule has 0 spiro atoms. The summed E-state index contributed by atoms with van der Waals surface area (Å²) < 4.78 is 11.6. The predicted molar refractivity (Wildman–Crippen MR) is 88.2 cm³/mol. The number of halogens is 1. The first-order valence-electron chi connectivity index (χ1n) is 6.49. The number of hydrogen-bond donors (Lipinski definition) is 1. The van der Waals surface area contributed by atoms with Crippen molar-refractivity contribution in [3.63, 3.8) is 0 Å². The maximum absolute atomic E-state index is 12.3. The number of nitrogens with two attached hydrogens (primary N) is 1. The first-order chi connectivity index (χ1) is 10.5. The van der Waals surface area contributed by atoms with E-state index in [0.717, 1.165) is 9.13 Å². The number of nitrogens with zero attached hydrogens (tertiary/aromatic N) is 1. The fourth-order valence-electron chi connectivity index (χ4n) is 2.54. The second-order valence-corrected chi connectivity index (χ2v) is 6.15. The second kappa shape index (κ2) is 5.50. The summed E-state index contributed by atoms with van der Waals surface area (Å²) in [7, 11) is 0. The van der Waals surface area contributed by atoms with Gasteiger partial charge in [-0.25, -0.2) is 4.79 Å². The van der Waals surface area contributed by atoms with Crippen LogP contribution in [0.25, 0.3) is 0 Å². The third-order valence-corrected chi connectivity index (χ3v) is 4.11. The summed E-state index contributed by atoms with van der Waals surface area (Å²) in [6, 6.07) is 11.2. The molecule has 0 aliphatic carbocycles. The highest BCUT2D eigenvalue weighted by Crippen LogP contribution is 2.40. The SMILES string of the molecule is Cc1cc2c(c(=O)o1)[C@H](c1cccc(I)c1)C(C#N)=C(N)O2. The van der Waals surface area contributed by atoms with E-state index in [9.17, 15) is 10.1 Å². The number of rotatable bonds is 1. The minimum absolute atomic E-state index is 0.0175. The zero-order chi connectivity index (χ0) is 15.9. The number of hydrogen-bond acceptors (Lipinski definition) is 5. The van der Waals surface area contributed by atoms with Gasteiger partial charge in [-0.2, -0.15) is 5.26 Å². The summed E-state index contributed by atoms with van der Waals surface area (Å²) in [5.74, 6) is 0.205. The van der Waals surface area contributed by atoms with Crippen LogP contribution >= 0.6 is 22.6 Å². The molecule has 1 aliphatic heterocycles. The molecule has 0 bridgehead atoms. The third kappa shape index (κ3) is 2.37. The summed E-state index contributed by atoms with van der Waals surface area (Å²) in [6.45, 7) is 1.66. The summed E-state index contributed by atoms with van der Waals surface area (Å²) in [6.07, 6.45) is 0. The standard InChI is InChI=1S/C16H11IN2O3/c1-8-5-12-14(16(20)21-8)13(11(7-18)15(19)22-12)9-3-2-4-10(17)6-9/h2-6,13H,19H2,1H3/t13-/m1/s1. The van der Waals surface area contributed by atoms with E-state index in [1.165, 1.54) is 0 Å². The van der Waals surface area contributed by atoms with Gasteiger partial charge in [0.15, 0.2) is 0 Å². The number of ether oxygens (including phenoxy) is 1. The zero-order valence-corrected chi connectivity index (χ0v) is 13.7. The summed E-state index contributed by atoms with van der Waals surface area (Å²) in [4.78, 5) is 12.3. The Morgan fingerprint density at radius 2 is 2.14 bits per heavy atom. The van der Waals surface area contributed by atoms with E-state index < -0.39 is 11.5 Å². The first kappa shape index (κ1) is 14.7. The van der Waals surface area contributed by atoms with Gasteiger partial charge in [-0.1, -0.05) is 12.1 Å². The van der Waals surface area contributed by atoms with Crippen LogP contribution < -0.4 is 16.1 Å². The van der Waals surface area contributed by atoms with E-state index >= 15 is 0 Å². The molecule has 110 valence electrons. The predicted octanol–water partition coefficient (Wildman–Crippen LogP) is 2.77. The van der Waals surface area contributed by atoms with Gasteiger partial charge in [0.05, 0.1) is 11.5 Å². The lowest BCUT2D eigenvalue weighted by atomic mass is 9.84. The van der Waals surface area contributed by atoms with Crippen LogP contribution in [0.15, 0.2) is 51.0 Å². The fraction of sp³-hybridized carbons (Fsp3) is 0.125. The Morgan fingerprint density at radius 1 is 1.36 bits per heavy atom. The van der Waals surface area contributed by atoms with Crippen LogP contribution in [0, 0.1) is 21.8 Å². The van der Waals surface area contributed by atoms with Gasteiger partial charge in [-0.15, -0.1) is 0 Å². The number of nitriles is 1. The molecule has 2 aromatic rings. The Hall–Kier alpha value is -2.27. The quantitative estimate of drug-likeness (QED) is 0.736. The van der Waals surface area contributed by atoms with Gasteiger partial charge in [-0.3, -0.25) is 0 Å². The molecule has 2 N–H and O–H groups in total. The van der Waals surface area contributed by atoms with Crippen molar-refractivity contribution in [1.82, 2.24) is 0 Å². The molecule has 6 heteroatoms. The van der Waals surface area contributed by atoms with Crippen LogP contribution in [-0.2, 0) is 0 Å². The molecule has 0 unspecified atom stereocenters. The van der Waals surface area contributed by atoms with Crippen molar-refractivity contribution >= 4 is 22.6 Å². The Balaban J connectivity index is 2.32. The monoisotopic (exact) mass is 406 g/mol. The Kier molecular flexibility index (Phi) is 3.66. The van der Waals surface area contributed by atoms with Crippen molar-refractivity contribution in [1.29, 1.82) is 5.26 Å². The lowest BCUT2D eigenvalue weighted by molar-refractivity contribution is 0.371. The molecule has 1 aliphatic rings. The minimum Gasteiger partial charge on any atom is -0.440 e. The highest BCUT2D eigenvalue weighted by Gasteiger charge is 2.34. The maximum atomic E-state index is 12.3. The van der Waals surface area contributed by atoms with Crippen molar-refractivity contribution in [2.75, 3.05) is 0 Å². The van der Waals surface area contributed by atoms with E-state index in [2.05, 4.69) is 28.7 Å². The van der Waals surface area contributed by atoms with Crippen LogP contribution in [0.2, 0.25) is 0 Å². The largest absolute Gasteiger partial charge is 0.440 e. The highest BCUT2D eigenvalue weighted by molar-refractivity contribution is 14.1. The molecule has 0 amide bonds. The fourth-order valence-corrected chi connectivity index (χ4v) is 3.10. The van der Waals surface area contributed by atoms with Crippen LogP contribution in [0.1, 0.15) is 22.8 Å². The lowest BCUT2D eigenvalue weighted by Crippen LogP contribution is -2.26. The molecule has 0 saturated carbocycles. The molecule has 0 saturated heterocycles. The molecule has 5 nitrogen and oxygen atoms in total. The van der Waals surface area contributed by atoms with Gasteiger partial charge in [0, 0.05) is 9.64 Å². The molecule has 1 atom stereocenters. The van der Waals surface area contributed by atoms with Crippen molar-refractivity contribution in [2.45, 2.75) is 12.8 Å². The van der Waals surface area contributed by atoms with Crippen LogP contribution in [0.5, 0.6) is 5.75 Å². The minimum atomic E-state index is -0.583. The first-order valence-corrected chi connectivity index (χ1v) is 7.57. The Labute approximate surface area is 140 Å². The van der Waals surface area contributed by atoms with E-state index in [4.69, 9.17) is 14.9 Å². The van der Waals surface area contributed by atoms with Gasteiger partial charge in [0.2, 0.25) is 5.88 Å². The molecule has 2 heterocycles. The van der Waals surface area contributed by atoms with Gasteiger partial charge in [-0.05, 0) is 47.2 Å². The maximum Gasteiger partial charge on any atom is 0.343 e. The smallest absolute Gasteiger partial charge is 0.343 e. The van der Waals surface area contributed by atoms with E-state index in [1.54, 1.807) is 13.0 Å². The van der Waals surface area contributed by atoms with E-state index in [0.29, 0.717) is 17.1 Å². The van der Waals surface area contributed by atoms with Crippen molar-refractivity contribution in [3.05, 3.63) is 72.7 Å². The molecular formula is C16H11IN2O3. The zero-order valence-electron chi connectivity index (χ0n) is 11.6. The number of benzene rings is 1. The molecule has 3 rings (SSSR count). The second-order valence-electron chi connectivity index (χ2n) is 4.90. The van der Waals surface area contributed by atoms with Crippen LogP contribution in [0.3, 0.4) is 0 Å². The van der Waals surface area contributed by atoms with Crippen LogP contribution in [0.4, 0.5) is 0 Å². The molecule has 0 radical (unpaired) electrons. The average molecular weight is 406 g/mol. The normalized spacial score (nSPS) is 16.7. The summed E-state index contributed by atoms with van der Waals surface area (Å²) in [5.41, 5.74) is 6.67. The molecule has 1 aromatic carbocycles. The van der Waals surface area contributed by atoms with Gasteiger partial charge in [0.1, 0.15) is 23.2 Å². The van der Waals surface area contributed by atoms with E-state index in [1.807, 2.05) is 24.3 Å². The Morgan fingerprint density at radius 3 is 2.82 bits per heavy atom. The lowest BCUT2D eigenvalue weighted by Gasteiger charge is -2.25. The van der Waals surface area contributed by atoms with E-state index in [-0.39, 0.29) is 11.5 Å². The van der Waals surface area contributed by atoms with Gasteiger partial charge in [0.25, 0.3) is 0 Å². The number of allylic oxidation sites excluding steroid dienone is 1. The highest BCUT2D eigenvalue weighted by atomic mass is 127. The average Bonchev–Trinajstić information content (AvgIpc) is 2.45. The van der Waals surface area contributed by atoms with Crippen molar-refractivity contribution in [3.8, 4) is 11.8 Å². The van der Waals surface area contributed by atoms with Gasteiger partial charge < -0.3 is 14.9 Å². The molecular weight excluding hydrogens is 395 g/mol. The molecule has 1 aromatic heterocycles. The Bertz CT molecular complexity index is 893. The van der Waals surface area contributed by atoms with Gasteiger partial charge >= 0.3 is 5.63 Å². The third-order valence-electron chi connectivity index (χ3n) is 3.44. The summed E-state index contributed by atoms with van der Waals surface area (Å²) >= 11 is 2.18. The van der Waals surface area contributed by atoms with Crippen LogP contribution in [-0.4, -0.2) is 0 Å². The summed E-state index contributed by atoms with van der Waals surface area (Å²) in [5, 5.41) is 9.43. The number of aryl methyl sites for hydroxylation is 1.